The zero-order valence-corrected chi connectivity index (χ0v) is 8.97. The summed E-state index contributed by atoms with van der Waals surface area (Å²) in [5.41, 5.74) is -0.637. The lowest BCUT2D eigenvalue weighted by Gasteiger charge is -2.27. The van der Waals surface area contributed by atoms with Crippen LogP contribution in [-0.2, 0) is 9.53 Å². The van der Waals surface area contributed by atoms with E-state index in [2.05, 4.69) is 0 Å². The summed E-state index contributed by atoms with van der Waals surface area (Å²) in [6.45, 7) is 11.3. The lowest BCUT2D eigenvalue weighted by atomic mass is 9.94. The maximum atomic E-state index is 11.6. The van der Waals surface area contributed by atoms with Gasteiger partial charge in [-0.05, 0) is 27.7 Å². The summed E-state index contributed by atoms with van der Waals surface area (Å²) in [5.74, 6) is 0.204. The highest BCUT2D eigenvalue weighted by Crippen LogP contribution is 2.17. The van der Waals surface area contributed by atoms with Gasteiger partial charge in [0, 0.05) is 5.92 Å². The van der Waals surface area contributed by atoms with E-state index in [9.17, 15) is 4.79 Å². The molecule has 0 aliphatic carbocycles. The van der Waals surface area contributed by atoms with Crippen molar-refractivity contribution in [3.63, 3.8) is 0 Å². The second kappa shape index (κ2) is 4.04. The van der Waals surface area contributed by atoms with Gasteiger partial charge in [-0.15, -0.1) is 0 Å². The van der Waals surface area contributed by atoms with Crippen LogP contribution in [0, 0.1) is 5.92 Å². The van der Waals surface area contributed by atoms with Gasteiger partial charge in [-0.2, -0.15) is 0 Å². The van der Waals surface area contributed by atoms with Crippen molar-refractivity contribution in [2.75, 3.05) is 0 Å². The molecule has 72 valence electrons. The Balaban J connectivity index is 4.29. The number of carbonyl (C=O) groups is 1. The quantitative estimate of drug-likeness (QED) is 0.651. The number of Topliss-reactive ketones (excluding diaryl/α,β-unsaturated/α-hetero) is 1. The van der Waals surface area contributed by atoms with Crippen LogP contribution < -0.4 is 0 Å². The molecule has 2 nitrogen and oxygen atoms in total. The summed E-state index contributed by atoms with van der Waals surface area (Å²) in [4.78, 5) is 11.6. The van der Waals surface area contributed by atoms with Gasteiger partial charge in [0.1, 0.15) is 5.60 Å². The maximum Gasteiger partial charge on any atom is 0.166 e. The molecule has 0 spiro atoms. The van der Waals surface area contributed by atoms with Crippen molar-refractivity contribution in [3.8, 4) is 0 Å². The highest BCUT2D eigenvalue weighted by atomic mass is 16.5. The Labute approximate surface area is 75.3 Å². The predicted molar refractivity (Wildman–Crippen MR) is 50.1 cm³/mol. The molecule has 0 fully saturated rings. The molecule has 0 unspecified atom stereocenters. The van der Waals surface area contributed by atoms with Crippen molar-refractivity contribution in [1.82, 2.24) is 0 Å². The fraction of sp³-hybridized carbons (Fsp3) is 0.900. The summed E-state index contributed by atoms with van der Waals surface area (Å²) >= 11 is 0. The molecule has 0 bridgehead atoms. The first-order chi connectivity index (χ1) is 5.27. The van der Waals surface area contributed by atoms with Gasteiger partial charge >= 0.3 is 0 Å². The normalized spacial score (nSPS) is 12.7. The first-order valence-electron chi connectivity index (χ1n) is 4.49. The Morgan fingerprint density at radius 1 is 1.17 bits per heavy atom. The molecule has 0 rings (SSSR count). The van der Waals surface area contributed by atoms with Gasteiger partial charge in [-0.3, -0.25) is 4.79 Å². The first-order valence-corrected chi connectivity index (χ1v) is 4.49. The van der Waals surface area contributed by atoms with Gasteiger partial charge in [0.25, 0.3) is 0 Å². The van der Waals surface area contributed by atoms with Gasteiger partial charge in [0.2, 0.25) is 0 Å². The molecule has 0 saturated carbocycles. The standard InChI is InChI=1S/C10H20O2/c1-7(2)9(11)10(5,6)12-8(3)4/h7-8H,1-6H3. The molecule has 0 aromatic heterocycles. The van der Waals surface area contributed by atoms with Crippen LogP contribution >= 0.6 is 0 Å². The van der Waals surface area contributed by atoms with E-state index in [1.807, 2.05) is 41.5 Å². The van der Waals surface area contributed by atoms with Gasteiger partial charge < -0.3 is 4.74 Å². The smallest absolute Gasteiger partial charge is 0.166 e. The molecule has 0 aromatic carbocycles. The molecule has 2 heteroatoms. The Bertz CT molecular complexity index is 157. The van der Waals surface area contributed by atoms with Crippen molar-refractivity contribution in [3.05, 3.63) is 0 Å². The number of rotatable bonds is 4. The Morgan fingerprint density at radius 2 is 1.58 bits per heavy atom. The zero-order chi connectivity index (χ0) is 9.94. The van der Waals surface area contributed by atoms with Crippen LogP contribution in [0.3, 0.4) is 0 Å². The predicted octanol–water partition coefficient (Wildman–Crippen LogP) is 2.42. The number of ketones is 1. The average molecular weight is 172 g/mol. The minimum atomic E-state index is -0.637. The third kappa shape index (κ3) is 3.35. The molecule has 0 amide bonds. The van der Waals surface area contributed by atoms with E-state index in [0.717, 1.165) is 0 Å². The lowest BCUT2D eigenvalue weighted by Crippen LogP contribution is -2.39. The summed E-state index contributed by atoms with van der Waals surface area (Å²) in [6.07, 6.45) is 0.0997. The second-order valence-electron chi connectivity index (χ2n) is 4.20. The van der Waals surface area contributed by atoms with Crippen molar-refractivity contribution in [2.45, 2.75) is 53.2 Å². The van der Waals surface area contributed by atoms with Gasteiger partial charge in [0.05, 0.1) is 6.10 Å². The summed E-state index contributed by atoms with van der Waals surface area (Å²) in [6, 6.07) is 0. The topological polar surface area (TPSA) is 26.3 Å². The van der Waals surface area contributed by atoms with Crippen molar-refractivity contribution < 1.29 is 9.53 Å². The van der Waals surface area contributed by atoms with Crippen LogP contribution in [0.5, 0.6) is 0 Å². The van der Waals surface area contributed by atoms with Crippen LogP contribution in [-0.4, -0.2) is 17.5 Å². The van der Waals surface area contributed by atoms with E-state index in [0.29, 0.717) is 0 Å². The Kier molecular flexibility index (Phi) is 3.91. The SMILES string of the molecule is CC(C)OC(C)(C)C(=O)C(C)C. The Morgan fingerprint density at radius 3 is 1.83 bits per heavy atom. The molecule has 0 saturated heterocycles. The minimum Gasteiger partial charge on any atom is -0.365 e. The molecule has 0 atom stereocenters. The van der Waals surface area contributed by atoms with Crippen LogP contribution in [0.1, 0.15) is 41.5 Å². The van der Waals surface area contributed by atoms with Crippen molar-refractivity contribution >= 4 is 5.78 Å². The number of ether oxygens (including phenoxy) is 1. The molecule has 0 heterocycles. The minimum absolute atomic E-state index is 0.0405. The van der Waals surface area contributed by atoms with Crippen LogP contribution in [0.4, 0.5) is 0 Å². The van der Waals surface area contributed by atoms with Crippen LogP contribution in [0.25, 0.3) is 0 Å². The highest BCUT2D eigenvalue weighted by Gasteiger charge is 2.30. The summed E-state index contributed by atoms with van der Waals surface area (Å²) in [5, 5.41) is 0. The molecular formula is C10H20O2. The van der Waals surface area contributed by atoms with E-state index in [1.54, 1.807) is 0 Å². The fourth-order valence-electron chi connectivity index (χ4n) is 1.34. The van der Waals surface area contributed by atoms with E-state index >= 15 is 0 Å². The highest BCUT2D eigenvalue weighted by molar-refractivity contribution is 5.88. The molecule has 0 N–H and O–H groups in total. The lowest BCUT2D eigenvalue weighted by molar-refractivity contribution is -0.148. The van der Waals surface area contributed by atoms with E-state index < -0.39 is 5.60 Å². The second-order valence-corrected chi connectivity index (χ2v) is 4.20. The third-order valence-electron chi connectivity index (χ3n) is 1.65. The monoisotopic (exact) mass is 172 g/mol. The maximum absolute atomic E-state index is 11.6. The van der Waals surface area contributed by atoms with Crippen molar-refractivity contribution in [2.24, 2.45) is 5.92 Å². The summed E-state index contributed by atoms with van der Waals surface area (Å²) in [7, 11) is 0. The Hall–Kier alpha value is -0.370. The molecular weight excluding hydrogens is 152 g/mol. The largest absolute Gasteiger partial charge is 0.365 e. The van der Waals surface area contributed by atoms with Gasteiger partial charge in [-0.1, -0.05) is 13.8 Å². The van der Waals surface area contributed by atoms with Crippen LogP contribution in [0.2, 0.25) is 0 Å². The van der Waals surface area contributed by atoms with Gasteiger partial charge in [-0.25, -0.2) is 0 Å². The number of carbonyl (C=O) groups excluding carboxylic acids is 1. The van der Waals surface area contributed by atoms with E-state index in [-0.39, 0.29) is 17.8 Å². The van der Waals surface area contributed by atoms with Crippen molar-refractivity contribution in [1.29, 1.82) is 0 Å². The van der Waals surface area contributed by atoms with E-state index in [1.165, 1.54) is 0 Å². The molecule has 0 aliphatic heterocycles. The fourth-order valence-corrected chi connectivity index (χ4v) is 1.34. The molecule has 0 aromatic rings. The van der Waals surface area contributed by atoms with Gasteiger partial charge in [0.15, 0.2) is 5.78 Å². The molecule has 0 aliphatic rings. The number of hydrogen-bond donors (Lipinski definition) is 0. The van der Waals surface area contributed by atoms with Crippen LogP contribution in [0.15, 0.2) is 0 Å². The molecule has 12 heavy (non-hydrogen) atoms. The first kappa shape index (κ1) is 11.6. The number of hydrogen-bond acceptors (Lipinski definition) is 2. The molecule has 0 radical (unpaired) electrons. The summed E-state index contributed by atoms with van der Waals surface area (Å²) < 4.78 is 5.51. The third-order valence-corrected chi connectivity index (χ3v) is 1.65. The van der Waals surface area contributed by atoms with E-state index in [4.69, 9.17) is 4.74 Å². The average Bonchev–Trinajstić information content (AvgIpc) is 1.82. The zero-order valence-electron chi connectivity index (χ0n) is 8.97.